The second-order valence-electron chi connectivity index (χ2n) is 9.03. The molecule has 0 radical (unpaired) electrons. The highest BCUT2D eigenvalue weighted by atomic mass is 16.4. The van der Waals surface area contributed by atoms with Crippen molar-refractivity contribution in [3.8, 4) is 0 Å². The molecule has 0 bridgehead atoms. The minimum absolute atomic E-state index is 0.152. The highest BCUT2D eigenvalue weighted by Crippen LogP contribution is 2.38. The van der Waals surface area contributed by atoms with Crippen LogP contribution in [0.15, 0.2) is 12.5 Å². The molecule has 7 nitrogen and oxygen atoms in total. The van der Waals surface area contributed by atoms with E-state index in [2.05, 4.69) is 28.7 Å². The maximum atomic E-state index is 11.8. The summed E-state index contributed by atoms with van der Waals surface area (Å²) < 4.78 is 2.10. The van der Waals surface area contributed by atoms with E-state index in [9.17, 15) is 19.8 Å². The molecule has 1 heterocycles. The van der Waals surface area contributed by atoms with Crippen molar-refractivity contribution in [3.05, 3.63) is 18.2 Å². The van der Waals surface area contributed by atoms with Crippen molar-refractivity contribution in [2.45, 2.75) is 90.3 Å². The lowest BCUT2D eigenvalue weighted by Gasteiger charge is -2.39. The van der Waals surface area contributed by atoms with Gasteiger partial charge in [0.2, 0.25) is 0 Å². The van der Waals surface area contributed by atoms with Gasteiger partial charge in [-0.15, -0.1) is 0 Å². The van der Waals surface area contributed by atoms with Gasteiger partial charge in [-0.3, -0.25) is 14.9 Å². The smallest absolute Gasteiger partial charge is 0.321 e. The van der Waals surface area contributed by atoms with Crippen LogP contribution in [0, 0.1) is 11.8 Å². The first-order valence-corrected chi connectivity index (χ1v) is 10.4. The number of aromatic nitrogens is 2. The van der Waals surface area contributed by atoms with Crippen molar-refractivity contribution >= 4 is 11.9 Å². The van der Waals surface area contributed by atoms with Crippen LogP contribution in [0.25, 0.3) is 0 Å². The van der Waals surface area contributed by atoms with Gasteiger partial charge in [0.1, 0.15) is 12.1 Å². The molecular weight excluding hydrogens is 358 g/mol. The Morgan fingerprint density at radius 1 is 1.18 bits per heavy atom. The average Bonchev–Trinajstić information content (AvgIpc) is 3.09. The molecule has 1 aliphatic carbocycles. The lowest BCUT2D eigenvalue weighted by atomic mass is 9.76. The number of nitrogens with zero attached hydrogens (tertiary/aromatic N) is 2. The molecule has 28 heavy (non-hydrogen) atoms. The Morgan fingerprint density at radius 3 is 2.32 bits per heavy atom. The van der Waals surface area contributed by atoms with Crippen LogP contribution in [-0.4, -0.2) is 43.8 Å². The molecule has 158 valence electrons. The third-order valence-corrected chi connectivity index (χ3v) is 6.06. The van der Waals surface area contributed by atoms with E-state index in [4.69, 9.17) is 0 Å². The van der Waals surface area contributed by atoms with Gasteiger partial charge in [0.25, 0.3) is 0 Å². The van der Waals surface area contributed by atoms with E-state index in [-0.39, 0.29) is 17.9 Å². The van der Waals surface area contributed by atoms with Crippen molar-refractivity contribution in [1.29, 1.82) is 0 Å². The molecule has 0 spiro atoms. The Bertz CT molecular complexity index is 662. The number of carboxylic acid groups (broad SMARTS) is 2. The zero-order valence-corrected chi connectivity index (χ0v) is 17.5. The van der Waals surface area contributed by atoms with Gasteiger partial charge in [-0.25, -0.2) is 4.98 Å². The van der Waals surface area contributed by atoms with Gasteiger partial charge in [0.05, 0.1) is 6.33 Å². The van der Waals surface area contributed by atoms with Crippen LogP contribution in [0.4, 0.5) is 0 Å². The second-order valence-corrected chi connectivity index (χ2v) is 9.03. The summed E-state index contributed by atoms with van der Waals surface area (Å²) in [6.45, 7) is 8.23. The molecule has 0 amide bonds. The maximum Gasteiger partial charge on any atom is 0.321 e. The lowest BCUT2D eigenvalue weighted by Crippen LogP contribution is -2.49. The molecule has 7 heteroatoms. The van der Waals surface area contributed by atoms with E-state index in [1.165, 1.54) is 32.1 Å². The number of aliphatic carboxylic acids is 2. The van der Waals surface area contributed by atoms with Crippen LogP contribution in [0.3, 0.4) is 0 Å². The van der Waals surface area contributed by atoms with Crippen LogP contribution >= 0.6 is 0 Å². The summed E-state index contributed by atoms with van der Waals surface area (Å²) in [5.41, 5.74) is 0.670. The molecule has 1 fully saturated rings. The van der Waals surface area contributed by atoms with Crippen molar-refractivity contribution in [2.75, 3.05) is 0 Å². The molecule has 0 aromatic carbocycles. The van der Waals surface area contributed by atoms with Gasteiger partial charge in [0, 0.05) is 23.9 Å². The predicted octanol–water partition coefficient (Wildman–Crippen LogP) is 3.28. The summed E-state index contributed by atoms with van der Waals surface area (Å²) in [7, 11) is 0. The fraction of sp³-hybridized carbons (Fsp3) is 0.762. The van der Waals surface area contributed by atoms with E-state index in [1.54, 1.807) is 12.5 Å². The van der Waals surface area contributed by atoms with Gasteiger partial charge in [-0.05, 0) is 44.9 Å². The summed E-state index contributed by atoms with van der Waals surface area (Å²) in [6, 6.07) is -1.86. The monoisotopic (exact) mass is 393 g/mol. The quantitative estimate of drug-likeness (QED) is 0.563. The molecule has 0 aliphatic heterocycles. The first kappa shape index (κ1) is 22.4. The number of carbonyl (C=O) groups is 2. The summed E-state index contributed by atoms with van der Waals surface area (Å²) in [5, 5.41) is 22.0. The van der Waals surface area contributed by atoms with Gasteiger partial charge >= 0.3 is 11.9 Å². The Labute approximate surface area is 167 Å². The predicted molar refractivity (Wildman–Crippen MR) is 107 cm³/mol. The zero-order valence-electron chi connectivity index (χ0n) is 17.5. The Morgan fingerprint density at radius 2 is 1.79 bits per heavy atom. The van der Waals surface area contributed by atoms with Crippen molar-refractivity contribution in [1.82, 2.24) is 14.9 Å². The van der Waals surface area contributed by atoms with Crippen LogP contribution in [0.1, 0.15) is 71.9 Å². The molecule has 1 aliphatic rings. The summed E-state index contributed by atoms with van der Waals surface area (Å²) in [4.78, 5) is 27.7. The van der Waals surface area contributed by atoms with Crippen molar-refractivity contribution < 1.29 is 19.8 Å². The molecule has 1 aromatic rings. The average molecular weight is 394 g/mol. The number of carboxylic acids is 2. The van der Waals surface area contributed by atoms with Crippen LogP contribution in [0.5, 0.6) is 0 Å². The number of hydrogen-bond acceptors (Lipinski definition) is 4. The van der Waals surface area contributed by atoms with Crippen LogP contribution in [0.2, 0.25) is 0 Å². The van der Waals surface area contributed by atoms with Crippen molar-refractivity contribution in [3.63, 3.8) is 0 Å². The van der Waals surface area contributed by atoms with Gasteiger partial charge in [0.15, 0.2) is 0 Å². The zero-order chi connectivity index (χ0) is 20.9. The standard InChI is InChI=1S/C21H35N3O4/c1-14(2)10-17(19(25)26)23-18(20(27)28)11-16-12-22-13-24(16)21(3,4)15-8-6-5-7-9-15/h12-15,17-18,23H,5-11H2,1-4H3,(H,25,26)(H,27,28)/t17-,18-/m0/s1. The molecule has 1 saturated carbocycles. The normalized spacial score (nSPS) is 18.2. The van der Waals surface area contributed by atoms with E-state index in [0.29, 0.717) is 12.3 Å². The second kappa shape index (κ2) is 9.54. The number of rotatable bonds is 10. The number of imidazole rings is 1. The highest BCUT2D eigenvalue weighted by Gasteiger charge is 2.35. The third kappa shape index (κ3) is 5.56. The topological polar surface area (TPSA) is 104 Å². The van der Waals surface area contributed by atoms with Crippen LogP contribution in [-0.2, 0) is 21.5 Å². The minimum Gasteiger partial charge on any atom is -0.480 e. The summed E-state index contributed by atoms with van der Waals surface area (Å²) in [6.07, 6.45) is 10.1. The van der Waals surface area contributed by atoms with E-state index in [0.717, 1.165) is 5.69 Å². The van der Waals surface area contributed by atoms with E-state index in [1.807, 2.05) is 13.8 Å². The fourth-order valence-electron chi connectivity index (χ4n) is 4.38. The molecular formula is C21H35N3O4. The molecule has 1 aromatic heterocycles. The number of hydrogen-bond donors (Lipinski definition) is 3. The Hall–Kier alpha value is -1.89. The minimum atomic E-state index is -1.04. The van der Waals surface area contributed by atoms with E-state index >= 15 is 0 Å². The van der Waals surface area contributed by atoms with Crippen molar-refractivity contribution in [2.24, 2.45) is 11.8 Å². The molecule has 3 N–H and O–H groups in total. The molecule has 2 rings (SSSR count). The Balaban J connectivity index is 2.19. The SMILES string of the molecule is CC(C)C[C@H](N[C@@H](Cc1cncn1C(C)(C)C1CCCCC1)C(=O)O)C(=O)O. The Kier molecular flexibility index (Phi) is 7.63. The van der Waals surface area contributed by atoms with Crippen LogP contribution < -0.4 is 5.32 Å². The van der Waals surface area contributed by atoms with E-state index < -0.39 is 24.0 Å². The largest absolute Gasteiger partial charge is 0.480 e. The molecule has 0 saturated heterocycles. The van der Waals surface area contributed by atoms with Gasteiger partial charge < -0.3 is 14.8 Å². The summed E-state index contributed by atoms with van der Waals surface area (Å²) >= 11 is 0. The van der Waals surface area contributed by atoms with Gasteiger partial charge in [-0.1, -0.05) is 33.1 Å². The lowest BCUT2D eigenvalue weighted by molar-refractivity contribution is -0.142. The highest BCUT2D eigenvalue weighted by molar-refractivity contribution is 5.77. The fourth-order valence-corrected chi connectivity index (χ4v) is 4.38. The first-order chi connectivity index (χ1) is 13.1. The summed E-state index contributed by atoms with van der Waals surface area (Å²) in [5.74, 6) is -1.38. The third-order valence-electron chi connectivity index (χ3n) is 6.06. The molecule has 0 unspecified atom stereocenters. The molecule has 2 atom stereocenters. The number of nitrogens with one attached hydrogen (secondary N) is 1. The van der Waals surface area contributed by atoms with Gasteiger partial charge in [-0.2, -0.15) is 0 Å². The first-order valence-electron chi connectivity index (χ1n) is 10.4. The maximum absolute atomic E-state index is 11.8.